The van der Waals surface area contributed by atoms with Crippen LogP contribution >= 0.6 is 0 Å². The lowest BCUT2D eigenvalue weighted by Crippen LogP contribution is -2.29. The fourth-order valence-corrected chi connectivity index (χ4v) is 3.28. The van der Waals surface area contributed by atoms with E-state index in [4.69, 9.17) is 0 Å². The molecule has 1 aromatic heterocycles. The number of carbonyl (C=O) groups is 1. The fraction of sp³-hybridized carbons (Fsp3) is 0.143. The van der Waals surface area contributed by atoms with Gasteiger partial charge in [0.25, 0.3) is 5.91 Å². The zero-order chi connectivity index (χ0) is 19.7. The molecule has 1 aliphatic heterocycles. The summed E-state index contributed by atoms with van der Waals surface area (Å²) in [7, 11) is 0. The molecule has 1 N–H and O–H groups in total. The molecule has 4 rings (SSSR count). The van der Waals surface area contributed by atoms with Crippen molar-refractivity contribution in [1.82, 2.24) is 4.98 Å². The fourth-order valence-electron chi connectivity index (χ4n) is 3.28. The van der Waals surface area contributed by atoms with Crippen molar-refractivity contribution in [2.24, 2.45) is 0 Å². The average Bonchev–Trinajstić information content (AvgIpc) is 3.12. The first-order valence-corrected chi connectivity index (χ1v) is 8.72. The Morgan fingerprint density at radius 3 is 2.50 bits per heavy atom. The molecule has 7 heteroatoms. The number of halogens is 3. The predicted molar refractivity (Wildman–Crippen MR) is 101 cm³/mol. The third-order valence-corrected chi connectivity index (χ3v) is 4.63. The summed E-state index contributed by atoms with van der Waals surface area (Å²) in [5.41, 5.74) is 1.77. The van der Waals surface area contributed by atoms with Crippen LogP contribution in [0, 0.1) is 0 Å². The smallest absolute Gasteiger partial charge is 0.354 e. The van der Waals surface area contributed by atoms with E-state index in [2.05, 4.69) is 10.3 Å². The maximum Gasteiger partial charge on any atom is 0.418 e. The van der Waals surface area contributed by atoms with E-state index in [1.54, 1.807) is 11.0 Å². The van der Waals surface area contributed by atoms with Crippen LogP contribution in [0.5, 0.6) is 0 Å². The standard InChI is InChI=1S/C21H16F3N3O/c22-21(23,24)16-6-2-3-7-17(16)26-15-9-10-18(25-13-15)20(28)27-12-11-14-5-1-4-8-19(14)27/h1-10,13,26H,11-12H2. The molecule has 0 aliphatic carbocycles. The number of carbonyl (C=O) groups excluding carboxylic acids is 1. The number of aromatic nitrogens is 1. The van der Waals surface area contributed by atoms with Crippen molar-refractivity contribution in [1.29, 1.82) is 0 Å². The summed E-state index contributed by atoms with van der Waals surface area (Å²) in [6, 6.07) is 16.0. The minimum atomic E-state index is -4.46. The molecule has 0 saturated heterocycles. The molecule has 2 heterocycles. The number of rotatable bonds is 3. The molecular formula is C21H16F3N3O. The van der Waals surface area contributed by atoms with Crippen molar-refractivity contribution < 1.29 is 18.0 Å². The molecule has 1 aliphatic rings. The second-order valence-electron chi connectivity index (χ2n) is 6.44. The number of alkyl halides is 3. The number of hydrogen-bond donors (Lipinski definition) is 1. The number of nitrogens with zero attached hydrogens (tertiary/aromatic N) is 2. The topological polar surface area (TPSA) is 45.2 Å². The van der Waals surface area contributed by atoms with Crippen LogP contribution in [-0.4, -0.2) is 17.4 Å². The van der Waals surface area contributed by atoms with Gasteiger partial charge in [-0.05, 0) is 42.3 Å². The van der Waals surface area contributed by atoms with Crippen molar-refractivity contribution in [2.45, 2.75) is 12.6 Å². The number of para-hydroxylation sites is 2. The van der Waals surface area contributed by atoms with Crippen LogP contribution in [0.3, 0.4) is 0 Å². The molecule has 0 atom stereocenters. The number of anilines is 3. The van der Waals surface area contributed by atoms with Crippen molar-refractivity contribution in [3.05, 3.63) is 83.7 Å². The predicted octanol–water partition coefficient (Wildman–Crippen LogP) is 5.05. The van der Waals surface area contributed by atoms with Crippen LogP contribution in [-0.2, 0) is 12.6 Å². The summed E-state index contributed by atoms with van der Waals surface area (Å²) < 4.78 is 39.3. The number of pyridine rings is 1. The molecule has 0 saturated carbocycles. The van der Waals surface area contributed by atoms with Crippen LogP contribution in [0.1, 0.15) is 21.6 Å². The summed E-state index contributed by atoms with van der Waals surface area (Å²) in [6.45, 7) is 0.582. The normalized spacial score (nSPS) is 13.3. The highest BCUT2D eigenvalue weighted by Crippen LogP contribution is 2.36. The van der Waals surface area contributed by atoms with Gasteiger partial charge >= 0.3 is 6.18 Å². The molecule has 0 bridgehead atoms. The van der Waals surface area contributed by atoms with Crippen molar-refractivity contribution >= 4 is 23.0 Å². The first-order chi connectivity index (χ1) is 13.4. The first-order valence-electron chi connectivity index (χ1n) is 8.72. The summed E-state index contributed by atoms with van der Waals surface area (Å²) in [6.07, 6.45) is -2.31. The van der Waals surface area contributed by atoms with Crippen molar-refractivity contribution in [3.63, 3.8) is 0 Å². The van der Waals surface area contributed by atoms with E-state index in [0.717, 1.165) is 23.7 Å². The maximum absolute atomic E-state index is 13.1. The van der Waals surface area contributed by atoms with E-state index in [1.807, 2.05) is 24.3 Å². The van der Waals surface area contributed by atoms with Crippen LogP contribution in [0.15, 0.2) is 66.9 Å². The summed E-state index contributed by atoms with van der Waals surface area (Å²) in [4.78, 5) is 18.6. The second kappa shape index (κ2) is 6.99. The number of fused-ring (bicyclic) bond motifs is 1. The van der Waals surface area contributed by atoms with Crippen molar-refractivity contribution in [2.75, 3.05) is 16.8 Å². The first kappa shape index (κ1) is 18.0. The Hall–Kier alpha value is -3.35. The number of benzene rings is 2. The quantitative estimate of drug-likeness (QED) is 0.689. The van der Waals surface area contributed by atoms with Crippen LogP contribution < -0.4 is 10.2 Å². The van der Waals surface area contributed by atoms with Gasteiger partial charge in [0.05, 0.1) is 23.1 Å². The molecular weight excluding hydrogens is 367 g/mol. The number of hydrogen-bond acceptors (Lipinski definition) is 3. The minimum Gasteiger partial charge on any atom is -0.354 e. The molecule has 0 fully saturated rings. The Morgan fingerprint density at radius 1 is 1.00 bits per heavy atom. The Balaban J connectivity index is 1.54. The lowest BCUT2D eigenvalue weighted by molar-refractivity contribution is -0.136. The van der Waals surface area contributed by atoms with Gasteiger partial charge in [-0.1, -0.05) is 30.3 Å². The molecule has 0 radical (unpaired) electrons. The average molecular weight is 383 g/mol. The molecule has 2 aromatic carbocycles. The van der Waals surface area contributed by atoms with Crippen molar-refractivity contribution in [3.8, 4) is 0 Å². The highest BCUT2D eigenvalue weighted by atomic mass is 19.4. The monoisotopic (exact) mass is 383 g/mol. The Labute approximate surface area is 159 Å². The zero-order valence-electron chi connectivity index (χ0n) is 14.7. The SMILES string of the molecule is O=C(c1ccc(Nc2ccccc2C(F)(F)F)cn1)N1CCc2ccccc21. The third-order valence-electron chi connectivity index (χ3n) is 4.63. The Kier molecular flexibility index (Phi) is 4.50. The summed E-state index contributed by atoms with van der Waals surface area (Å²) >= 11 is 0. The number of nitrogens with one attached hydrogen (secondary N) is 1. The van der Waals surface area contributed by atoms with Gasteiger partial charge in [0, 0.05) is 12.2 Å². The van der Waals surface area contributed by atoms with Crippen LogP contribution in [0.25, 0.3) is 0 Å². The molecule has 28 heavy (non-hydrogen) atoms. The van der Waals surface area contributed by atoms with Gasteiger partial charge in [0.1, 0.15) is 5.69 Å². The maximum atomic E-state index is 13.1. The van der Waals surface area contributed by atoms with E-state index >= 15 is 0 Å². The van der Waals surface area contributed by atoms with Crippen LogP contribution in [0.2, 0.25) is 0 Å². The highest BCUT2D eigenvalue weighted by Gasteiger charge is 2.33. The largest absolute Gasteiger partial charge is 0.418 e. The van der Waals surface area contributed by atoms with Gasteiger partial charge in [-0.3, -0.25) is 4.79 Å². The lowest BCUT2D eigenvalue weighted by Gasteiger charge is -2.17. The van der Waals surface area contributed by atoms with E-state index in [1.165, 1.54) is 30.5 Å². The molecule has 3 aromatic rings. The van der Waals surface area contributed by atoms with E-state index in [-0.39, 0.29) is 17.3 Å². The van der Waals surface area contributed by atoms with Gasteiger partial charge in [0.15, 0.2) is 0 Å². The third kappa shape index (κ3) is 3.43. The molecule has 0 spiro atoms. The van der Waals surface area contributed by atoms with E-state index in [9.17, 15) is 18.0 Å². The summed E-state index contributed by atoms with van der Waals surface area (Å²) in [5.74, 6) is -0.229. The summed E-state index contributed by atoms with van der Waals surface area (Å²) in [5, 5.41) is 2.72. The van der Waals surface area contributed by atoms with Crippen LogP contribution in [0.4, 0.5) is 30.2 Å². The molecule has 0 unspecified atom stereocenters. The molecule has 4 nitrogen and oxygen atoms in total. The van der Waals surface area contributed by atoms with E-state index < -0.39 is 11.7 Å². The zero-order valence-corrected chi connectivity index (χ0v) is 14.7. The van der Waals surface area contributed by atoms with Gasteiger partial charge in [-0.2, -0.15) is 13.2 Å². The Bertz CT molecular complexity index is 1020. The minimum absolute atomic E-state index is 0.0654. The molecule has 142 valence electrons. The van der Waals surface area contributed by atoms with Gasteiger partial charge < -0.3 is 10.2 Å². The Morgan fingerprint density at radius 2 is 1.75 bits per heavy atom. The van der Waals surface area contributed by atoms with Gasteiger partial charge in [-0.15, -0.1) is 0 Å². The number of amides is 1. The van der Waals surface area contributed by atoms with Gasteiger partial charge in [-0.25, -0.2) is 4.98 Å². The lowest BCUT2D eigenvalue weighted by atomic mass is 10.1. The van der Waals surface area contributed by atoms with Gasteiger partial charge in [0.2, 0.25) is 0 Å². The molecule has 1 amide bonds. The van der Waals surface area contributed by atoms with E-state index in [0.29, 0.717) is 12.2 Å². The highest BCUT2D eigenvalue weighted by molar-refractivity contribution is 6.06. The second-order valence-corrected chi connectivity index (χ2v) is 6.44.